The van der Waals surface area contributed by atoms with Gasteiger partial charge in [0.05, 0.1) is 6.54 Å². The summed E-state index contributed by atoms with van der Waals surface area (Å²) < 4.78 is 0. The summed E-state index contributed by atoms with van der Waals surface area (Å²) in [5.74, 6) is 1.54. The maximum Gasteiger partial charge on any atom is 0.234 e. The average Bonchev–Trinajstić information content (AvgIpc) is 2.18. The topological polar surface area (TPSA) is 41.1 Å². The molecule has 3 heteroatoms. The lowest BCUT2D eigenvalue weighted by Gasteiger charge is -2.34. The van der Waals surface area contributed by atoms with Gasteiger partial charge in [0.25, 0.3) is 0 Å². The van der Waals surface area contributed by atoms with E-state index in [-0.39, 0.29) is 11.4 Å². The molecule has 0 aromatic carbocycles. The SMILES string of the molecule is CC1CCCC(NCC(=O)NC(C)(C)C)C1C. The van der Waals surface area contributed by atoms with E-state index in [4.69, 9.17) is 0 Å². The van der Waals surface area contributed by atoms with Crippen LogP contribution in [0.5, 0.6) is 0 Å². The molecule has 0 bridgehead atoms. The molecule has 0 aromatic rings. The maximum atomic E-state index is 11.7. The van der Waals surface area contributed by atoms with Crippen molar-refractivity contribution < 1.29 is 4.79 Å². The van der Waals surface area contributed by atoms with E-state index >= 15 is 0 Å². The molecular formula is C14H28N2O. The highest BCUT2D eigenvalue weighted by Gasteiger charge is 2.27. The molecule has 3 atom stereocenters. The van der Waals surface area contributed by atoms with Gasteiger partial charge in [-0.25, -0.2) is 0 Å². The van der Waals surface area contributed by atoms with Crippen molar-refractivity contribution in [2.45, 2.75) is 65.5 Å². The Kier molecular flexibility index (Phi) is 4.99. The predicted octanol–water partition coefficient (Wildman–Crippen LogP) is 2.32. The van der Waals surface area contributed by atoms with E-state index in [0.29, 0.717) is 18.5 Å². The Hall–Kier alpha value is -0.570. The summed E-state index contributed by atoms with van der Waals surface area (Å²) in [6, 6.07) is 0.504. The Labute approximate surface area is 106 Å². The second-order valence-electron chi connectivity index (χ2n) is 6.55. The summed E-state index contributed by atoms with van der Waals surface area (Å²) in [4.78, 5) is 11.7. The van der Waals surface area contributed by atoms with Crippen LogP contribution in [-0.2, 0) is 4.79 Å². The van der Waals surface area contributed by atoms with Gasteiger partial charge in [-0.3, -0.25) is 4.79 Å². The van der Waals surface area contributed by atoms with Crippen molar-refractivity contribution in [3.63, 3.8) is 0 Å². The molecule has 3 unspecified atom stereocenters. The van der Waals surface area contributed by atoms with Crippen molar-refractivity contribution in [3.8, 4) is 0 Å². The Morgan fingerprint density at radius 3 is 2.47 bits per heavy atom. The van der Waals surface area contributed by atoms with Crippen LogP contribution in [0.15, 0.2) is 0 Å². The molecule has 1 saturated carbocycles. The number of hydrogen-bond acceptors (Lipinski definition) is 2. The van der Waals surface area contributed by atoms with E-state index in [9.17, 15) is 4.79 Å². The molecule has 0 spiro atoms. The lowest BCUT2D eigenvalue weighted by atomic mass is 9.78. The molecular weight excluding hydrogens is 212 g/mol. The number of rotatable bonds is 3. The lowest BCUT2D eigenvalue weighted by molar-refractivity contribution is -0.121. The quantitative estimate of drug-likeness (QED) is 0.795. The zero-order valence-electron chi connectivity index (χ0n) is 12.0. The first-order valence-electron chi connectivity index (χ1n) is 6.84. The molecule has 0 heterocycles. The van der Waals surface area contributed by atoms with E-state index in [2.05, 4.69) is 24.5 Å². The van der Waals surface area contributed by atoms with Crippen LogP contribution in [0.3, 0.4) is 0 Å². The summed E-state index contributed by atoms with van der Waals surface area (Å²) in [6.07, 6.45) is 3.81. The first-order chi connectivity index (χ1) is 7.79. The minimum Gasteiger partial charge on any atom is -0.350 e. The molecule has 1 aliphatic rings. The summed E-state index contributed by atoms with van der Waals surface area (Å²) in [7, 11) is 0. The van der Waals surface area contributed by atoms with Crippen LogP contribution >= 0.6 is 0 Å². The van der Waals surface area contributed by atoms with Crippen LogP contribution in [0.25, 0.3) is 0 Å². The second-order valence-corrected chi connectivity index (χ2v) is 6.55. The summed E-state index contributed by atoms with van der Waals surface area (Å²) in [5, 5.41) is 6.40. The Balaban J connectivity index is 2.32. The Morgan fingerprint density at radius 1 is 1.24 bits per heavy atom. The van der Waals surface area contributed by atoms with E-state index in [1.165, 1.54) is 19.3 Å². The van der Waals surface area contributed by atoms with Gasteiger partial charge in [0.2, 0.25) is 5.91 Å². The zero-order valence-corrected chi connectivity index (χ0v) is 12.0. The van der Waals surface area contributed by atoms with Gasteiger partial charge in [-0.15, -0.1) is 0 Å². The van der Waals surface area contributed by atoms with Crippen LogP contribution in [0.1, 0.15) is 53.9 Å². The standard InChI is InChI=1S/C14H28N2O/c1-10-7-6-8-12(11(10)2)15-9-13(17)16-14(3,4)5/h10-12,15H,6-9H2,1-5H3,(H,16,17). The van der Waals surface area contributed by atoms with Gasteiger partial charge in [0, 0.05) is 11.6 Å². The normalized spacial score (nSPS) is 30.1. The highest BCUT2D eigenvalue weighted by atomic mass is 16.2. The van der Waals surface area contributed by atoms with Gasteiger partial charge in [0.1, 0.15) is 0 Å². The van der Waals surface area contributed by atoms with Crippen LogP contribution in [0, 0.1) is 11.8 Å². The summed E-state index contributed by atoms with van der Waals surface area (Å²) >= 11 is 0. The predicted molar refractivity (Wildman–Crippen MR) is 71.9 cm³/mol. The fourth-order valence-electron chi connectivity index (χ4n) is 2.56. The van der Waals surface area contributed by atoms with Gasteiger partial charge in [-0.05, 0) is 39.0 Å². The van der Waals surface area contributed by atoms with Crippen molar-refractivity contribution in [1.29, 1.82) is 0 Å². The first-order valence-corrected chi connectivity index (χ1v) is 6.84. The minimum absolute atomic E-state index is 0.0999. The number of hydrogen-bond donors (Lipinski definition) is 2. The van der Waals surface area contributed by atoms with Gasteiger partial charge >= 0.3 is 0 Å². The number of carbonyl (C=O) groups is 1. The molecule has 1 aliphatic carbocycles. The average molecular weight is 240 g/mol. The second kappa shape index (κ2) is 5.85. The van der Waals surface area contributed by atoms with E-state index < -0.39 is 0 Å². The third-order valence-electron chi connectivity index (χ3n) is 3.75. The van der Waals surface area contributed by atoms with E-state index in [1.54, 1.807) is 0 Å². The number of nitrogens with one attached hydrogen (secondary N) is 2. The molecule has 1 fully saturated rings. The molecule has 17 heavy (non-hydrogen) atoms. The van der Waals surface area contributed by atoms with Crippen LogP contribution in [0.4, 0.5) is 0 Å². The third-order valence-corrected chi connectivity index (χ3v) is 3.75. The highest BCUT2D eigenvalue weighted by molar-refractivity contribution is 5.78. The van der Waals surface area contributed by atoms with Crippen LogP contribution in [-0.4, -0.2) is 24.0 Å². The maximum absolute atomic E-state index is 11.7. The molecule has 0 radical (unpaired) electrons. The Bertz CT molecular complexity index is 257. The molecule has 100 valence electrons. The smallest absolute Gasteiger partial charge is 0.234 e. The summed E-state index contributed by atoms with van der Waals surface area (Å²) in [5.41, 5.74) is -0.135. The van der Waals surface area contributed by atoms with Gasteiger partial charge < -0.3 is 10.6 Å². The largest absolute Gasteiger partial charge is 0.350 e. The Morgan fingerprint density at radius 2 is 1.88 bits per heavy atom. The molecule has 0 aliphatic heterocycles. The van der Waals surface area contributed by atoms with Crippen molar-refractivity contribution in [2.75, 3.05) is 6.54 Å². The fourth-order valence-corrected chi connectivity index (χ4v) is 2.56. The van der Waals surface area contributed by atoms with Crippen molar-refractivity contribution >= 4 is 5.91 Å². The lowest BCUT2D eigenvalue weighted by Crippen LogP contribution is -2.49. The fraction of sp³-hybridized carbons (Fsp3) is 0.929. The monoisotopic (exact) mass is 240 g/mol. The molecule has 1 amide bonds. The van der Waals surface area contributed by atoms with Crippen molar-refractivity contribution in [3.05, 3.63) is 0 Å². The van der Waals surface area contributed by atoms with Crippen LogP contribution < -0.4 is 10.6 Å². The number of carbonyl (C=O) groups excluding carboxylic acids is 1. The van der Waals surface area contributed by atoms with Gasteiger partial charge in [-0.1, -0.05) is 26.7 Å². The van der Waals surface area contributed by atoms with Gasteiger partial charge in [-0.2, -0.15) is 0 Å². The molecule has 0 aromatic heterocycles. The van der Waals surface area contributed by atoms with Crippen LogP contribution in [0.2, 0.25) is 0 Å². The molecule has 1 rings (SSSR count). The van der Waals surface area contributed by atoms with Gasteiger partial charge in [0.15, 0.2) is 0 Å². The summed E-state index contributed by atoms with van der Waals surface area (Å²) in [6.45, 7) is 11.1. The zero-order chi connectivity index (χ0) is 13.1. The highest BCUT2D eigenvalue weighted by Crippen LogP contribution is 2.29. The first kappa shape index (κ1) is 14.5. The van der Waals surface area contributed by atoms with Crippen molar-refractivity contribution in [2.24, 2.45) is 11.8 Å². The van der Waals surface area contributed by atoms with Crippen molar-refractivity contribution in [1.82, 2.24) is 10.6 Å². The molecule has 0 saturated heterocycles. The van der Waals surface area contributed by atoms with E-state index in [1.807, 2.05) is 20.8 Å². The van der Waals surface area contributed by atoms with E-state index in [0.717, 1.165) is 5.92 Å². The number of amides is 1. The molecule has 3 nitrogen and oxygen atoms in total. The third kappa shape index (κ3) is 5.07. The minimum atomic E-state index is -0.135. The molecule has 2 N–H and O–H groups in total.